The van der Waals surface area contributed by atoms with E-state index >= 15 is 0 Å². The Morgan fingerprint density at radius 2 is 2.10 bits per heavy atom. The van der Waals surface area contributed by atoms with E-state index in [1.165, 1.54) is 16.4 Å². The highest BCUT2D eigenvalue weighted by Gasteiger charge is 2.20. The lowest BCUT2D eigenvalue weighted by Crippen LogP contribution is -2.33. The molecule has 20 heavy (non-hydrogen) atoms. The van der Waals surface area contributed by atoms with E-state index in [1.807, 2.05) is 13.8 Å². The molecule has 0 amide bonds. The summed E-state index contributed by atoms with van der Waals surface area (Å²) in [5.74, 6) is 0.996. The molecule has 0 atom stereocenters. The van der Waals surface area contributed by atoms with Gasteiger partial charge >= 0.3 is 11.1 Å². The van der Waals surface area contributed by atoms with Crippen molar-refractivity contribution >= 4 is 17.6 Å². The molecule has 112 valence electrons. The number of amidine groups is 1. The van der Waals surface area contributed by atoms with Gasteiger partial charge in [-0.25, -0.2) is 0 Å². The number of aromatic nitrogens is 3. The molecule has 0 saturated heterocycles. The lowest BCUT2D eigenvalue weighted by molar-refractivity contribution is 0.448. The minimum atomic E-state index is -0.761. The van der Waals surface area contributed by atoms with Crippen LogP contribution in [0.3, 0.4) is 0 Å². The second kappa shape index (κ2) is 6.74. The van der Waals surface area contributed by atoms with Gasteiger partial charge < -0.3 is 5.73 Å². The molecule has 0 unspecified atom stereocenters. The van der Waals surface area contributed by atoms with E-state index in [0.717, 1.165) is 25.0 Å². The monoisotopic (exact) mass is 299 g/mol. The van der Waals surface area contributed by atoms with Gasteiger partial charge in [0.2, 0.25) is 0 Å². The molecular formula is C12H21N5O2S. The highest BCUT2D eigenvalue weighted by atomic mass is 32.2. The summed E-state index contributed by atoms with van der Waals surface area (Å²) >= 11 is 1.43. The Hall–Kier alpha value is -1.57. The quantitative estimate of drug-likeness (QED) is 0.225. The molecule has 0 aromatic carbocycles. The molecule has 0 bridgehead atoms. The minimum Gasteiger partial charge on any atom is -0.387 e. The lowest BCUT2D eigenvalue weighted by atomic mass is 9.86. The van der Waals surface area contributed by atoms with E-state index in [4.69, 9.17) is 11.1 Å². The molecule has 1 aromatic rings. The summed E-state index contributed by atoms with van der Waals surface area (Å²) in [5.41, 5.74) is 3.78. The third-order valence-electron chi connectivity index (χ3n) is 3.10. The van der Waals surface area contributed by atoms with Gasteiger partial charge in [-0.05, 0) is 12.8 Å². The number of rotatable bonds is 7. The average molecular weight is 299 g/mol. The van der Waals surface area contributed by atoms with Crippen LogP contribution in [0.4, 0.5) is 0 Å². The van der Waals surface area contributed by atoms with Crippen molar-refractivity contribution in [2.75, 3.05) is 5.75 Å². The van der Waals surface area contributed by atoms with Gasteiger partial charge in [0, 0.05) is 18.2 Å². The van der Waals surface area contributed by atoms with E-state index in [2.05, 4.69) is 10.1 Å². The van der Waals surface area contributed by atoms with E-state index in [1.54, 1.807) is 7.05 Å². The fourth-order valence-electron chi connectivity index (χ4n) is 1.56. The third kappa shape index (κ3) is 4.52. The first-order valence-electron chi connectivity index (χ1n) is 6.38. The Kier molecular flexibility index (Phi) is 5.55. The number of aryl methyl sites for hydroxylation is 1. The topological polar surface area (TPSA) is 118 Å². The van der Waals surface area contributed by atoms with E-state index in [-0.39, 0.29) is 11.3 Å². The van der Waals surface area contributed by atoms with Crippen molar-refractivity contribution in [3.8, 4) is 0 Å². The number of hydrogen-bond acceptors (Lipinski definition) is 5. The summed E-state index contributed by atoms with van der Waals surface area (Å²) in [6.07, 6.45) is 2.72. The number of nitrogens with zero attached hydrogens (tertiary/aromatic N) is 2. The normalized spacial score (nSPS) is 11.6. The number of unbranched alkanes of at least 4 members (excludes halogenated alkanes) is 1. The van der Waals surface area contributed by atoms with Gasteiger partial charge in [0.15, 0.2) is 5.16 Å². The first-order valence-corrected chi connectivity index (χ1v) is 7.37. The van der Waals surface area contributed by atoms with Crippen LogP contribution in [0.1, 0.15) is 33.1 Å². The maximum Gasteiger partial charge on any atom is 0.339 e. The zero-order valence-electron chi connectivity index (χ0n) is 12.0. The molecule has 0 radical (unpaired) electrons. The van der Waals surface area contributed by atoms with Crippen molar-refractivity contribution in [3.63, 3.8) is 0 Å². The Bertz CT molecular complexity index is 590. The smallest absolute Gasteiger partial charge is 0.339 e. The van der Waals surface area contributed by atoms with Crippen molar-refractivity contribution in [2.45, 2.75) is 38.3 Å². The Morgan fingerprint density at radius 1 is 1.45 bits per heavy atom. The average Bonchev–Trinajstić information content (AvgIpc) is 2.34. The Morgan fingerprint density at radius 3 is 2.70 bits per heavy atom. The summed E-state index contributed by atoms with van der Waals surface area (Å²) < 4.78 is 1.45. The lowest BCUT2D eigenvalue weighted by Gasteiger charge is -2.22. The molecule has 4 N–H and O–H groups in total. The molecule has 0 saturated carbocycles. The maximum atomic E-state index is 11.2. The van der Waals surface area contributed by atoms with Crippen LogP contribution in [-0.4, -0.2) is 26.4 Å². The first kappa shape index (κ1) is 16.5. The number of H-pyrrole nitrogens is 1. The molecule has 1 heterocycles. The van der Waals surface area contributed by atoms with E-state index < -0.39 is 11.1 Å². The fraction of sp³-hybridized carbons (Fsp3) is 0.667. The zero-order chi connectivity index (χ0) is 15.3. The van der Waals surface area contributed by atoms with Gasteiger partial charge in [-0.3, -0.25) is 24.8 Å². The van der Waals surface area contributed by atoms with Crippen molar-refractivity contribution in [3.05, 3.63) is 20.7 Å². The molecule has 8 heteroatoms. The third-order valence-corrected chi connectivity index (χ3v) is 4.22. The van der Waals surface area contributed by atoms with Gasteiger partial charge in [-0.2, -0.15) is 4.98 Å². The molecule has 0 aliphatic carbocycles. The van der Waals surface area contributed by atoms with Gasteiger partial charge in [-0.15, -0.1) is 0 Å². The van der Waals surface area contributed by atoms with Crippen LogP contribution >= 0.6 is 11.8 Å². The fourth-order valence-corrected chi connectivity index (χ4v) is 2.47. The summed E-state index contributed by atoms with van der Waals surface area (Å²) in [6, 6.07) is 0. The highest BCUT2D eigenvalue weighted by Crippen LogP contribution is 2.24. The summed E-state index contributed by atoms with van der Waals surface area (Å²) in [4.78, 5) is 25.9. The molecule has 1 rings (SSSR count). The van der Waals surface area contributed by atoms with Crippen LogP contribution in [0.15, 0.2) is 14.7 Å². The van der Waals surface area contributed by atoms with Crippen molar-refractivity contribution in [1.82, 2.24) is 14.8 Å². The summed E-state index contributed by atoms with van der Waals surface area (Å²) in [5, 5.41) is 10.4. The van der Waals surface area contributed by atoms with Crippen molar-refractivity contribution < 1.29 is 0 Å². The van der Waals surface area contributed by atoms with Gasteiger partial charge in [-0.1, -0.05) is 32.0 Å². The zero-order valence-corrected chi connectivity index (χ0v) is 12.8. The largest absolute Gasteiger partial charge is 0.387 e. The number of aromatic amines is 1. The molecule has 0 aliphatic rings. The van der Waals surface area contributed by atoms with Crippen LogP contribution in [0.5, 0.6) is 0 Å². The second-order valence-electron chi connectivity index (χ2n) is 5.30. The molecule has 7 nitrogen and oxygen atoms in total. The number of nitrogens with one attached hydrogen (secondary N) is 2. The van der Waals surface area contributed by atoms with E-state index in [9.17, 15) is 9.59 Å². The molecule has 0 aliphatic heterocycles. The summed E-state index contributed by atoms with van der Waals surface area (Å²) in [7, 11) is 1.65. The van der Waals surface area contributed by atoms with Crippen LogP contribution in [0.2, 0.25) is 0 Å². The predicted molar refractivity (Wildman–Crippen MR) is 80.4 cm³/mol. The van der Waals surface area contributed by atoms with Crippen LogP contribution in [0, 0.1) is 10.8 Å². The van der Waals surface area contributed by atoms with Crippen LogP contribution in [-0.2, 0) is 7.05 Å². The predicted octanol–water partition coefficient (Wildman–Crippen LogP) is 0.693. The van der Waals surface area contributed by atoms with Crippen LogP contribution < -0.4 is 16.9 Å². The second-order valence-corrected chi connectivity index (χ2v) is 6.36. The van der Waals surface area contributed by atoms with Gasteiger partial charge in [0.25, 0.3) is 0 Å². The van der Waals surface area contributed by atoms with Crippen molar-refractivity contribution in [2.24, 2.45) is 18.2 Å². The Balaban J connectivity index is 2.43. The first-order chi connectivity index (χ1) is 9.24. The minimum absolute atomic E-state index is 0.204. The molecular weight excluding hydrogens is 278 g/mol. The highest BCUT2D eigenvalue weighted by molar-refractivity contribution is 7.99. The summed E-state index contributed by atoms with van der Waals surface area (Å²) in [6.45, 7) is 3.91. The van der Waals surface area contributed by atoms with Crippen molar-refractivity contribution in [1.29, 1.82) is 5.41 Å². The number of hydrogen-bond donors (Lipinski definition) is 3. The number of nitrogens with two attached hydrogens (primary N) is 1. The molecule has 0 fully saturated rings. The Labute approximate surface area is 121 Å². The molecule has 1 aromatic heterocycles. The van der Waals surface area contributed by atoms with E-state index in [0.29, 0.717) is 5.16 Å². The van der Waals surface area contributed by atoms with Crippen LogP contribution in [0.25, 0.3) is 0 Å². The SMILES string of the molecule is Cn1[nH]c(=O)c(=O)nc1SCCCCC(C)(C)C(=N)N. The number of thioether (sulfide) groups is 1. The molecule has 0 spiro atoms. The maximum absolute atomic E-state index is 11.2. The van der Waals surface area contributed by atoms with Gasteiger partial charge in [0.05, 0.1) is 5.84 Å². The van der Waals surface area contributed by atoms with Gasteiger partial charge in [0.1, 0.15) is 0 Å². The standard InChI is InChI=1S/C12H21N5O2S/c1-12(2,10(13)14)6-4-5-7-20-11-15-8(18)9(19)16-17(11)3/h4-7H2,1-3H3,(H3,13,14)(H,16,19).